The molecule has 0 bridgehead atoms. The van der Waals surface area contributed by atoms with Gasteiger partial charge in [-0.1, -0.05) is 23.2 Å². The minimum atomic E-state index is 0.262. The Labute approximate surface area is 111 Å². The zero-order valence-electron chi connectivity index (χ0n) is 8.66. The summed E-state index contributed by atoms with van der Waals surface area (Å²) in [6, 6.07) is 1.72. The van der Waals surface area contributed by atoms with E-state index in [-0.39, 0.29) is 5.15 Å². The Kier molecular flexibility index (Phi) is 2.54. The van der Waals surface area contributed by atoms with Gasteiger partial charge in [-0.2, -0.15) is 0 Å². The number of thiazole rings is 1. The second kappa shape index (κ2) is 3.94. The number of halogens is 2. The molecule has 0 unspecified atom stereocenters. The monoisotopic (exact) mass is 284 g/mol. The molecule has 0 aromatic carbocycles. The van der Waals surface area contributed by atoms with Gasteiger partial charge < -0.3 is 4.98 Å². The third kappa shape index (κ3) is 1.90. The third-order valence-electron chi connectivity index (χ3n) is 2.24. The van der Waals surface area contributed by atoms with Crippen LogP contribution in [-0.4, -0.2) is 19.9 Å². The maximum absolute atomic E-state index is 5.90. The first-order chi connectivity index (χ1) is 8.13. The van der Waals surface area contributed by atoms with Crippen molar-refractivity contribution < 1.29 is 0 Å². The van der Waals surface area contributed by atoms with Gasteiger partial charge in [-0.05, 0) is 13.0 Å². The van der Waals surface area contributed by atoms with E-state index in [1.54, 1.807) is 23.6 Å². The number of aromatic nitrogens is 4. The minimum absolute atomic E-state index is 0.262. The van der Waals surface area contributed by atoms with E-state index >= 15 is 0 Å². The molecular weight excluding hydrogens is 279 g/mol. The number of H-pyrrole nitrogens is 1. The largest absolute Gasteiger partial charge is 0.336 e. The first-order valence-electron chi connectivity index (χ1n) is 4.78. The number of pyridine rings is 1. The molecule has 86 valence electrons. The molecule has 3 aromatic heterocycles. The van der Waals surface area contributed by atoms with Gasteiger partial charge in [0.15, 0.2) is 11.5 Å². The van der Waals surface area contributed by atoms with Crippen LogP contribution in [0, 0.1) is 6.92 Å². The summed E-state index contributed by atoms with van der Waals surface area (Å²) in [7, 11) is 0. The summed E-state index contributed by atoms with van der Waals surface area (Å²) in [5, 5.41) is 1.66. The van der Waals surface area contributed by atoms with Crippen molar-refractivity contribution in [3.05, 3.63) is 27.4 Å². The van der Waals surface area contributed by atoms with Crippen LogP contribution in [0.15, 0.2) is 12.3 Å². The van der Waals surface area contributed by atoms with Gasteiger partial charge in [-0.25, -0.2) is 15.0 Å². The molecule has 3 rings (SSSR count). The lowest BCUT2D eigenvalue weighted by Gasteiger charge is -1.92. The average Bonchev–Trinajstić information content (AvgIpc) is 2.85. The number of imidazole rings is 1. The zero-order chi connectivity index (χ0) is 12.0. The molecule has 0 spiro atoms. The quantitative estimate of drug-likeness (QED) is 0.694. The fourth-order valence-corrected chi connectivity index (χ4v) is 2.49. The van der Waals surface area contributed by atoms with Crippen molar-refractivity contribution in [2.24, 2.45) is 0 Å². The first-order valence-corrected chi connectivity index (χ1v) is 6.35. The van der Waals surface area contributed by atoms with Crippen LogP contribution >= 0.6 is 34.5 Å². The Morgan fingerprint density at radius 2 is 2.12 bits per heavy atom. The summed E-state index contributed by atoms with van der Waals surface area (Å²) in [6.45, 7) is 1.95. The van der Waals surface area contributed by atoms with Crippen molar-refractivity contribution in [1.82, 2.24) is 19.9 Å². The maximum atomic E-state index is 5.90. The van der Waals surface area contributed by atoms with E-state index in [1.165, 1.54) is 0 Å². The molecule has 1 N–H and O–H groups in total. The van der Waals surface area contributed by atoms with E-state index in [4.69, 9.17) is 23.2 Å². The van der Waals surface area contributed by atoms with Crippen LogP contribution in [0.5, 0.6) is 0 Å². The number of nitrogens with one attached hydrogen (secondary N) is 1. The van der Waals surface area contributed by atoms with Crippen molar-refractivity contribution >= 4 is 45.7 Å². The maximum Gasteiger partial charge on any atom is 0.179 e. The first kappa shape index (κ1) is 11.0. The molecule has 0 saturated heterocycles. The van der Waals surface area contributed by atoms with Gasteiger partial charge in [-0.3, -0.25) is 0 Å². The highest BCUT2D eigenvalue weighted by Gasteiger charge is 2.11. The van der Waals surface area contributed by atoms with E-state index in [0.29, 0.717) is 10.7 Å². The molecule has 7 heteroatoms. The molecule has 3 heterocycles. The molecule has 3 aromatic rings. The molecule has 0 radical (unpaired) electrons. The van der Waals surface area contributed by atoms with Crippen LogP contribution in [-0.2, 0) is 0 Å². The number of fused-ring (bicyclic) bond motifs is 1. The average molecular weight is 285 g/mol. The summed E-state index contributed by atoms with van der Waals surface area (Å²) in [5.41, 5.74) is 1.32. The number of hydrogen-bond acceptors (Lipinski definition) is 4. The SMILES string of the molecule is Cc1ncc(-c2nc3nc(Cl)c(Cl)cc3[nH]2)s1. The summed E-state index contributed by atoms with van der Waals surface area (Å²) >= 11 is 13.3. The molecule has 0 aliphatic carbocycles. The molecule has 0 saturated carbocycles. The summed E-state index contributed by atoms with van der Waals surface area (Å²) in [6.07, 6.45) is 1.78. The van der Waals surface area contributed by atoms with Gasteiger partial charge in [0, 0.05) is 6.20 Å². The third-order valence-corrected chi connectivity index (χ3v) is 3.83. The second-order valence-electron chi connectivity index (χ2n) is 3.46. The van der Waals surface area contributed by atoms with Crippen LogP contribution in [0.25, 0.3) is 21.9 Å². The summed E-state index contributed by atoms with van der Waals surface area (Å²) in [4.78, 5) is 16.8. The predicted molar refractivity (Wildman–Crippen MR) is 69.8 cm³/mol. The number of aryl methyl sites for hydroxylation is 1. The lowest BCUT2D eigenvalue weighted by molar-refractivity contribution is 1.28. The van der Waals surface area contributed by atoms with Crippen LogP contribution < -0.4 is 0 Å². The normalized spacial score (nSPS) is 11.2. The Bertz CT molecular complexity index is 664. The fourth-order valence-electron chi connectivity index (χ4n) is 1.48. The van der Waals surface area contributed by atoms with Crippen molar-refractivity contribution in [3.63, 3.8) is 0 Å². The van der Waals surface area contributed by atoms with E-state index in [9.17, 15) is 0 Å². The Balaban J connectivity index is 2.19. The van der Waals surface area contributed by atoms with Gasteiger partial charge in [0.2, 0.25) is 0 Å². The lowest BCUT2D eigenvalue weighted by Crippen LogP contribution is -1.79. The topological polar surface area (TPSA) is 54.5 Å². The van der Waals surface area contributed by atoms with Crippen LogP contribution in [0.3, 0.4) is 0 Å². The fraction of sp³-hybridized carbons (Fsp3) is 0.100. The molecule has 0 amide bonds. The summed E-state index contributed by atoms with van der Waals surface area (Å²) < 4.78 is 0. The molecule has 0 atom stereocenters. The number of rotatable bonds is 1. The lowest BCUT2D eigenvalue weighted by atomic mass is 10.4. The van der Waals surface area contributed by atoms with Crippen molar-refractivity contribution in [1.29, 1.82) is 0 Å². The Morgan fingerprint density at radius 1 is 1.29 bits per heavy atom. The van der Waals surface area contributed by atoms with Crippen molar-refractivity contribution in [2.75, 3.05) is 0 Å². The molecule has 4 nitrogen and oxygen atoms in total. The van der Waals surface area contributed by atoms with Crippen molar-refractivity contribution in [3.8, 4) is 10.7 Å². The number of hydrogen-bond donors (Lipinski definition) is 1. The van der Waals surface area contributed by atoms with Crippen LogP contribution in [0.2, 0.25) is 10.2 Å². The van der Waals surface area contributed by atoms with Gasteiger partial charge in [0.1, 0.15) is 5.15 Å². The van der Waals surface area contributed by atoms with Crippen LogP contribution in [0.1, 0.15) is 5.01 Å². The molecular formula is C10H6Cl2N4S. The highest BCUT2D eigenvalue weighted by atomic mass is 35.5. The molecule has 17 heavy (non-hydrogen) atoms. The smallest absolute Gasteiger partial charge is 0.179 e. The van der Waals surface area contributed by atoms with E-state index in [2.05, 4.69) is 19.9 Å². The van der Waals surface area contributed by atoms with E-state index in [0.717, 1.165) is 21.2 Å². The number of nitrogens with zero attached hydrogens (tertiary/aromatic N) is 3. The van der Waals surface area contributed by atoms with Gasteiger partial charge >= 0.3 is 0 Å². The van der Waals surface area contributed by atoms with Gasteiger partial charge in [0.25, 0.3) is 0 Å². The van der Waals surface area contributed by atoms with Gasteiger partial charge in [-0.15, -0.1) is 11.3 Å². The highest BCUT2D eigenvalue weighted by Crippen LogP contribution is 2.28. The minimum Gasteiger partial charge on any atom is -0.336 e. The van der Waals surface area contributed by atoms with E-state index in [1.807, 2.05) is 6.92 Å². The zero-order valence-corrected chi connectivity index (χ0v) is 11.0. The predicted octanol–water partition coefficient (Wildman–Crippen LogP) is 3.70. The molecule has 0 aliphatic heterocycles. The van der Waals surface area contributed by atoms with Gasteiger partial charge in [0.05, 0.1) is 20.4 Å². The molecule has 0 aliphatic rings. The molecule has 0 fully saturated rings. The highest BCUT2D eigenvalue weighted by molar-refractivity contribution is 7.14. The number of aromatic amines is 1. The Morgan fingerprint density at radius 3 is 2.82 bits per heavy atom. The Hall–Kier alpha value is -1.17. The van der Waals surface area contributed by atoms with E-state index < -0.39 is 0 Å². The van der Waals surface area contributed by atoms with Crippen LogP contribution in [0.4, 0.5) is 0 Å². The summed E-state index contributed by atoms with van der Waals surface area (Å²) in [5.74, 6) is 0.733. The van der Waals surface area contributed by atoms with Crippen molar-refractivity contribution in [2.45, 2.75) is 6.92 Å². The second-order valence-corrected chi connectivity index (χ2v) is 5.46. The standard InChI is InChI=1S/C10H6Cl2N4S/c1-4-13-3-7(17-4)10-14-6-2-5(11)8(12)15-9(6)16-10/h2-3H,1H3,(H,14,15,16).